The van der Waals surface area contributed by atoms with Crippen LogP contribution in [-0.2, 0) is 26.5 Å². The van der Waals surface area contributed by atoms with Crippen molar-refractivity contribution in [1.29, 1.82) is 5.26 Å². The molecule has 0 spiro atoms. The summed E-state index contributed by atoms with van der Waals surface area (Å²) in [6.07, 6.45) is 4.15. The predicted molar refractivity (Wildman–Crippen MR) is 70.9 cm³/mol. The number of thiophene rings is 1. The molecule has 1 aliphatic carbocycles. The van der Waals surface area contributed by atoms with E-state index in [1.165, 1.54) is 30.4 Å². The molecule has 0 aliphatic heterocycles. The Labute approximate surface area is 110 Å². The molecule has 0 radical (unpaired) electrons. The Morgan fingerprint density at radius 1 is 1.33 bits per heavy atom. The van der Waals surface area contributed by atoms with Crippen molar-refractivity contribution < 1.29 is 13.6 Å². The summed E-state index contributed by atoms with van der Waals surface area (Å²) < 4.78 is 21.7. The zero-order valence-corrected chi connectivity index (χ0v) is 12.1. The largest absolute Gasteiger partial charge is 0.432 e. The van der Waals surface area contributed by atoms with E-state index in [9.17, 15) is 9.83 Å². The van der Waals surface area contributed by atoms with Crippen LogP contribution in [0.2, 0.25) is 0 Å². The van der Waals surface area contributed by atoms with Crippen molar-refractivity contribution in [2.45, 2.75) is 25.7 Å². The van der Waals surface area contributed by atoms with E-state index in [1.54, 1.807) is 0 Å². The standard InChI is InChI=1S/C11H15N2O3PS/c1-15-17(14,16-2)13-11-9(7-12)8-5-3-4-6-10(8)18-11/h3-6H2,1-2H3,(H,13,14). The molecule has 0 amide bonds. The molecule has 2 rings (SSSR count). The first-order chi connectivity index (χ1) is 8.63. The predicted octanol–water partition coefficient (Wildman–Crippen LogP) is 3.31. The third kappa shape index (κ3) is 2.45. The first kappa shape index (κ1) is 13.6. The van der Waals surface area contributed by atoms with Crippen LogP contribution >= 0.6 is 19.1 Å². The van der Waals surface area contributed by atoms with Crippen LogP contribution in [0.3, 0.4) is 0 Å². The minimum Gasteiger partial charge on any atom is -0.296 e. The fraction of sp³-hybridized carbons (Fsp3) is 0.545. The maximum atomic E-state index is 12.0. The van der Waals surface area contributed by atoms with Crippen molar-refractivity contribution >= 4 is 24.1 Å². The Hall–Kier alpha value is -0.860. The molecule has 98 valence electrons. The van der Waals surface area contributed by atoms with Crippen molar-refractivity contribution in [2.75, 3.05) is 19.3 Å². The number of nitrogens with zero attached hydrogens (tertiary/aromatic N) is 1. The van der Waals surface area contributed by atoms with E-state index >= 15 is 0 Å². The summed E-state index contributed by atoms with van der Waals surface area (Å²) in [5.74, 6) is 0. The summed E-state index contributed by atoms with van der Waals surface area (Å²) in [6, 6.07) is 2.19. The maximum absolute atomic E-state index is 12.0. The SMILES string of the molecule is COP(=O)(Nc1sc2c(c1C#N)CCCC2)OC. The van der Waals surface area contributed by atoms with Crippen molar-refractivity contribution in [3.8, 4) is 6.07 Å². The van der Waals surface area contributed by atoms with Gasteiger partial charge < -0.3 is 0 Å². The highest BCUT2D eigenvalue weighted by molar-refractivity contribution is 7.56. The zero-order chi connectivity index (χ0) is 13.2. The normalized spacial score (nSPS) is 14.9. The van der Waals surface area contributed by atoms with Gasteiger partial charge in [-0.1, -0.05) is 0 Å². The molecule has 0 fully saturated rings. The highest BCUT2D eigenvalue weighted by Gasteiger charge is 2.27. The van der Waals surface area contributed by atoms with Gasteiger partial charge in [0, 0.05) is 19.1 Å². The molecule has 0 aromatic carbocycles. The number of rotatable bonds is 4. The average Bonchev–Trinajstić information content (AvgIpc) is 2.75. The van der Waals surface area contributed by atoms with Crippen LogP contribution in [0.4, 0.5) is 5.00 Å². The van der Waals surface area contributed by atoms with Crippen LogP contribution in [0, 0.1) is 11.3 Å². The quantitative estimate of drug-likeness (QED) is 0.860. The third-order valence-corrected chi connectivity index (χ3v) is 5.82. The number of anilines is 1. The number of nitriles is 1. The van der Waals surface area contributed by atoms with Crippen LogP contribution < -0.4 is 5.09 Å². The van der Waals surface area contributed by atoms with Gasteiger partial charge >= 0.3 is 7.75 Å². The van der Waals surface area contributed by atoms with Gasteiger partial charge in [-0.3, -0.25) is 14.1 Å². The number of nitrogens with one attached hydrogen (secondary N) is 1. The van der Waals surface area contributed by atoms with Crippen LogP contribution in [0.25, 0.3) is 0 Å². The van der Waals surface area contributed by atoms with Crippen molar-refractivity contribution in [2.24, 2.45) is 0 Å². The van der Waals surface area contributed by atoms with E-state index in [-0.39, 0.29) is 0 Å². The molecule has 1 aromatic heterocycles. The van der Waals surface area contributed by atoms with E-state index in [2.05, 4.69) is 11.2 Å². The van der Waals surface area contributed by atoms with Crippen molar-refractivity contribution in [3.05, 3.63) is 16.0 Å². The van der Waals surface area contributed by atoms with Gasteiger partial charge in [0.15, 0.2) is 0 Å². The first-order valence-corrected chi connectivity index (χ1v) is 8.04. The summed E-state index contributed by atoms with van der Waals surface area (Å²) in [5.41, 5.74) is 1.68. The Bertz CT molecular complexity index is 527. The van der Waals surface area contributed by atoms with E-state index in [0.717, 1.165) is 31.2 Å². The van der Waals surface area contributed by atoms with Crippen LogP contribution in [0.1, 0.15) is 28.8 Å². The number of hydrogen-bond acceptors (Lipinski definition) is 5. The van der Waals surface area contributed by atoms with E-state index in [0.29, 0.717) is 10.6 Å². The summed E-state index contributed by atoms with van der Waals surface area (Å²) >= 11 is 1.48. The second kappa shape index (κ2) is 5.41. The van der Waals surface area contributed by atoms with Gasteiger partial charge in [0.2, 0.25) is 0 Å². The fourth-order valence-corrected chi connectivity index (χ4v) is 4.35. The Balaban J connectivity index is 2.37. The monoisotopic (exact) mass is 286 g/mol. The molecular weight excluding hydrogens is 271 g/mol. The van der Waals surface area contributed by atoms with Gasteiger partial charge in [-0.2, -0.15) is 5.26 Å². The molecule has 5 nitrogen and oxygen atoms in total. The van der Waals surface area contributed by atoms with E-state index < -0.39 is 7.75 Å². The smallest absolute Gasteiger partial charge is 0.296 e. The summed E-state index contributed by atoms with van der Waals surface area (Å²) in [5, 5.41) is 12.6. The second-order valence-corrected chi connectivity index (χ2v) is 7.06. The molecule has 1 aliphatic rings. The number of hydrogen-bond donors (Lipinski definition) is 1. The molecule has 18 heavy (non-hydrogen) atoms. The summed E-state index contributed by atoms with van der Waals surface area (Å²) in [4.78, 5) is 1.21. The van der Waals surface area contributed by atoms with Gasteiger partial charge in [0.05, 0.1) is 5.56 Å². The molecule has 1 N–H and O–H groups in total. The Kier molecular flexibility index (Phi) is 4.08. The highest BCUT2D eigenvalue weighted by atomic mass is 32.1. The summed E-state index contributed by atoms with van der Waals surface area (Å²) in [7, 11) is -0.708. The Morgan fingerprint density at radius 3 is 2.61 bits per heavy atom. The number of fused-ring (bicyclic) bond motifs is 1. The summed E-state index contributed by atoms with van der Waals surface area (Å²) in [6.45, 7) is 0. The van der Waals surface area contributed by atoms with Gasteiger partial charge in [-0.05, 0) is 31.2 Å². The molecule has 0 saturated carbocycles. The first-order valence-electron chi connectivity index (χ1n) is 5.68. The van der Waals surface area contributed by atoms with E-state index in [4.69, 9.17) is 9.05 Å². The lowest BCUT2D eigenvalue weighted by Gasteiger charge is -2.14. The fourth-order valence-electron chi connectivity index (χ4n) is 2.05. The minimum absolute atomic E-state index is 0.587. The minimum atomic E-state index is -3.34. The molecule has 7 heteroatoms. The molecule has 1 heterocycles. The lowest BCUT2D eigenvalue weighted by atomic mass is 9.96. The van der Waals surface area contributed by atoms with E-state index in [1.807, 2.05) is 0 Å². The lowest BCUT2D eigenvalue weighted by molar-refractivity contribution is 0.282. The van der Waals surface area contributed by atoms with Gasteiger partial charge in [-0.25, -0.2) is 4.57 Å². The topological polar surface area (TPSA) is 71.3 Å². The highest BCUT2D eigenvalue weighted by Crippen LogP contribution is 2.50. The molecule has 0 saturated heterocycles. The van der Waals surface area contributed by atoms with Gasteiger partial charge in [0.1, 0.15) is 11.1 Å². The van der Waals surface area contributed by atoms with Crippen LogP contribution in [0.5, 0.6) is 0 Å². The van der Waals surface area contributed by atoms with Crippen molar-refractivity contribution in [3.63, 3.8) is 0 Å². The van der Waals surface area contributed by atoms with Crippen molar-refractivity contribution in [1.82, 2.24) is 0 Å². The molecule has 0 bridgehead atoms. The third-order valence-electron chi connectivity index (χ3n) is 3.00. The second-order valence-electron chi connectivity index (χ2n) is 4.00. The zero-order valence-electron chi connectivity index (χ0n) is 10.4. The molecular formula is C11H15N2O3PS. The molecule has 0 atom stereocenters. The average molecular weight is 286 g/mol. The number of aryl methyl sites for hydroxylation is 1. The molecule has 1 aromatic rings. The lowest BCUT2D eigenvalue weighted by Crippen LogP contribution is -2.02. The molecule has 0 unspecified atom stereocenters. The maximum Gasteiger partial charge on any atom is 0.432 e. The van der Waals surface area contributed by atoms with Gasteiger partial charge in [-0.15, -0.1) is 11.3 Å². The van der Waals surface area contributed by atoms with Crippen LogP contribution in [0.15, 0.2) is 0 Å². The Morgan fingerprint density at radius 2 is 2.00 bits per heavy atom. The van der Waals surface area contributed by atoms with Crippen LogP contribution in [-0.4, -0.2) is 14.2 Å². The van der Waals surface area contributed by atoms with Gasteiger partial charge in [0.25, 0.3) is 0 Å².